The van der Waals surface area contributed by atoms with Gasteiger partial charge in [0.25, 0.3) is 5.91 Å². The largest absolute Gasteiger partial charge is 0.482 e. The number of hydrogen-bond donors (Lipinski definition) is 1. The molecule has 4 heteroatoms. The molecule has 1 atom stereocenters. The smallest absolute Gasteiger partial charge is 0.258 e. The topological polar surface area (TPSA) is 51.2 Å². The molecular formula is C16H18N2O2. The fourth-order valence-electron chi connectivity index (χ4n) is 1.80. The van der Waals surface area contributed by atoms with E-state index < -0.39 is 0 Å². The molecule has 1 amide bonds. The highest BCUT2D eigenvalue weighted by molar-refractivity contribution is 5.78. The number of rotatable bonds is 5. The number of benzene rings is 1. The molecule has 0 aliphatic rings. The van der Waals surface area contributed by atoms with E-state index in [1.165, 1.54) is 0 Å². The summed E-state index contributed by atoms with van der Waals surface area (Å²) in [5, 5.41) is 2.89. The van der Waals surface area contributed by atoms with Gasteiger partial charge in [0.2, 0.25) is 0 Å². The van der Waals surface area contributed by atoms with Crippen molar-refractivity contribution in [3.63, 3.8) is 0 Å². The van der Waals surface area contributed by atoms with Crippen LogP contribution in [-0.4, -0.2) is 17.5 Å². The second-order valence-electron chi connectivity index (χ2n) is 4.62. The number of aryl methyl sites for hydroxylation is 1. The third kappa shape index (κ3) is 4.09. The van der Waals surface area contributed by atoms with Crippen molar-refractivity contribution in [3.05, 3.63) is 59.9 Å². The molecule has 0 aliphatic heterocycles. The van der Waals surface area contributed by atoms with Crippen LogP contribution in [0.15, 0.2) is 48.7 Å². The van der Waals surface area contributed by atoms with Gasteiger partial charge in [-0.3, -0.25) is 9.78 Å². The maximum Gasteiger partial charge on any atom is 0.258 e. The van der Waals surface area contributed by atoms with E-state index in [0.29, 0.717) is 5.75 Å². The van der Waals surface area contributed by atoms with Crippen LogP contribution in [0, 0.1) is 6.92 Å². The zero-order valence-electron chi connectivity index (χ0n) is 11.7. The van der Waals surface area contributed by atoms with E-state index in [1.54, 1.807) is 12.3 Å². The van der Waals surface area contributed by atoms with Crippen molar-refractivity contribution in [3.8, 4) is 5.75 Å². The first-order chi connectivity index (χ1) is 9.65. The Hall–Kier alpha value is -2.36. The average Bonchev–Trinajstić information content (AvgIpc) is 2.47. The Morgan fingerprint density at radius 3 is 2.65 bits per heavy atom. The molecule has 2 rings (SSSR count). The Labute approximate surface area is 118 Å². The first kappa shape index (κ1) is 14.1. The predicted octanol–water partition coefficient (Wildman–Crippen LogP) is 2.65. The number of ether oxygens (including phenoxy) is 1. The summed E-state index contributed by atoms with van der Waals surface area (Å²) in [6, 6.07) is 13.4. The highest BCUT2D eigenvalue weighted by Crippen LogP contribution is 2.11. The summed E-state index contributed by atoms with van der Waals surface area (Å²) in [5.41, 5.74) is 1.98. The lowest BCUT2D eigenvalue weighted by atomic mass is 10.1. The normalized spacial score (nSPS) is 11.7. The number of nitrogens with one attached hydrogen (secondary N) is 1. The van der Waals surface area contributed by atoms with Gasteiger partial charge < -0.3 is 10.1 Å². The van der Waals surface area contributed by atoms with Gasteiger partial charge in [-0.15, -0.1) is 0 Å². The Morgan fingerprint density at radius 2 is 2.00 bits per heavy atom. The van der Waals surface area contributed by atoms with Crippen molar-refractivity contribution in [2.75, 3.05) is 6.61 Å². The summed E-state index contributed by atoms with van der Waals surface area (Å²) in [6.07, 6.45) is 1.61. The van der Waals surface area contributed by atoms with E-state index in [0.717, 1.165) is 11.3 Å². The van der Waals surface area contributed by atoms with Crippen LogP contribution in [0.4, 0.5) is 0 Å². The summed E-state index contributed by atoms with van der Waals surface area (Å²) >= 11 is 0. The van der Waals surface area contributed by atoms with Gasteiger partial charge in [-0.25, -0.2) is 0 Å². The van der Waals surface area contributed by atoms with Gasteiger partial charge in [-0.05, 0) is 31.5 Å². The number of amides is 1. The molecule has 0 saturated carbocycles. The summed E-state index contributed by atoms with van der Waals surface area (Å²) in [4.78, 5) is 15.9. The number of carbonyl (C=O) groups is 1. The summed E-state index contributed by atoms with van der Waals surface area (Å²) in [5.74, 6) is 0.444. The maximum atomic E-state index is 11.8. The Bertz CT molecular complexity index is 552. The Kier molecular flexibility index (Phi) is 4.71. The molecule has 0 bridgehead atoms. The maximum absolute atomic E-state index is 11.8. The number of nitrogens with zero attached hydrogens (tertiary/aromatic N) is 1. The van der Waals surface area contributed by atoms with Gasteiger partial charge in [0, 0.05) is 5.69 Å². The quantitative estimate of drug-likeness (QED) is 0.908. The molecule has 1 heterocycles. The zero-order chi connectivity index (χ0) is 14.4. The van der Waals surface area contributed by atoms with Gasteiger partial charge in [0.15, 0.2) is 6.61 Å². The summed E-state index contributed by atoms with van der Waals surface area (Å²) in [6.45, 7) is 3.83. The predicted molar refractivity (Wildman–Crippen MR) is 77.5 cm³/mol. The standard InChI is InChI=1S/C16H18N2O2/c1-12-8-9-15(10-17-12)20-11-16(19)18-13(2)14-6-4-3-5-7-14/h3-10,13H,11H2,1-2H3,(H,18,19)/t13-/m0/s1. The minimum atomic E-state index is -0.151. The van der Waals surface area contributed by atoms with E-state index in [-0.39, 0.29) is 18.6 Å². The molecule has 0 aliphatic carbocycles. The third-order valence-corrected chi connectivity index (χ3v) is 2.93. The van der Waals surface area contributed by atoms with Gasteiger partial charge in [0.05, 0.1) is 12.2 Å². The molecule has 1 aromatic carbocycles. The van der Waals surface area contributed by atoms with Crippen LogP contribution < -0.4 is 10.1 Å². The van der Waals surface area contributed by atoms with Gasteiger partial charge in [-0.2, -0.15) is 0 Å². The number of pyridine rings is 1. The average molecular weight is 270 g/mol. The number of hydrogen-bond acceptors (Lipinski definition) is 3. The van der Waals surface area contributed by atoms with Gasteiger partial charge in [0.1, 0.15) is 5.75 Å². The molecule has 0 saturated heterocycles. The van der Waals surface area contributed by atoms with Crippen molar-refractivity contribution in [2.45, 2.75) is 19.9 Å². The monoisotopic (exact) mass is 270 g/mol. The van der Waals surface area contributed by atoms with Crippen LogP contribution in [0.1, 0.15) is 24.2 Å². The van der Waals surface area contributed by atoms with Crippen LogP contribution in [0.3, 0.4) is 0 Å². The molecular weight excluding hydrogens is 252 g/mol. The van der Waals surface area contributed by atoms with Gasteiger partial charge in [-0.1, -0.05) is 30.3 Å². The molecule has 0 spiro atoms. The minimum absolute atomic E-state index is 0.0120. The van der Waals surface area contributed by atoms with Crippen LogP contribution in [-0.2, 0) is 4.79 Å². The molecule has 0 radical (unpaired) electrons. The molecule has 1 N–H and O–H groups in total. The first-order valence-corrected chi connectivity index (χ1v) is 6.55. The molecule has 2 aromatic rings. The molecule has 4 nitrogen and oxygen atoms in total. The summed E-state index contributed by atoms with van der Waals surface area (Å²) < 4.78 is 5.38. The third-order valence-electron chi connectivity index (χ3n) is 2.93. The molecule has 1 aromatic heterocycles. The number of aromatic nitrogens is 1. The van der Waals surface area contributed by atoms with Crippen LogP contribution in [0.2, 0.25) is 0 Å². The lowest BCUT2D eigenvalue weighted by Crippen LogP contribution is -2.31. The van der Waals surface area contributed by atoms with E-state index in [1.807, 2.05) is 50.2 Å². The van der Waals surface area contributed by atoms with Crippen molar-refractivity contribution < 1.29 is 9.53 Å². The molecule has 0 fully saturated rings. The van der Waals surface area contributed by atoms with E-state index >= 15 is 0 Å². The second-order valence-corrected chi connectivity index (χ2v) is 4.62. The van der Waals surface area contributed by atoms with Crippen molar-refractivity contribution >= 4 is 5.91 Å². The SMILES string of the molecule is Cc1ccc(OCC(=O)N[C@@H](C)c2ccccc2)cn1. The fraction of sp³-hybridized carbons (Fsp3) is 0.250. The van der Waals surface area contributed by atoms with Crippen LogP contribution >= 0.6 is 0 Å². The van der Waals surface area contributed by atoms with E-state index in [2.05, 4.69) is 10.3 Å². The van der Waals surface area contributed by atoms with Crippen molar-refractivity contribution in [1.82, 2.24) is 10.3 Å². The molecule has 0 unspecified atom stereocenters. The Balaban J connectivity index is 1.82. The first-order valence-electron chi connectivity index (χ1n) is 6.55. The Morgan fingerprint density at radius 1 is 1.25 bits per heavy atom. The van der Waals surface area contributed by atoms with Crippen molar-refractivity contribution in [1.29, 1.82) is 0 Å². The lowest BCUT2D eigenvalue weighted by Gasteiger charge is -2.14. The zero-order valence-corrected chi connectivity index (χ0v) is 11.7. The van der Waals surface area contributed by atoms with Gasteiger partial charge >= 0.3 is 0 Å². The van der Waals surface area contributed by atoms with E-state index in [4.69, 9.17) is 4.74 Å². The second kappa shape index (κ2) is 6.70. The molecule has 104 valence electrons. The minimum Gasteiger partial charge on any atom is -0.482 e. The number of carbonyl (C=O) groups excluding carboxylic acids is 1. The lowest BCUT2D eigenvalue weighted by molar-refractivity contribution is -0.123. The van der Waals surface area contributed by atoms with Crippen LogP contribution in [0.25, 0.3) is 0 Å². The van der Waals surface area contributed by atoms with E-state index in [9.17, 15) is 4.79 Å². The van der Waals surface area contributed by atoms with Crippen LogP contribution in [0.5, 0.6) is 5.75 Å². The van der Waals surface area contributed by atoms with Crippen molar-refractivity contribution in [2.24, 2.45) is 0 Å². The summed E-state index contributed by atoms with van der Waals surface area (Å²) in [7, 11) is 0. The highest BCUT2D eigenvalue weighted by atomic mass is 16.5. The molecule has 20 heavy (non-hydrogen) atoms. The fourth-order valence-corrected chi connectivity index (χ4v) is 1.80. The highest BCUT2D eigenvalue weighted by Gasteiger charge is 2.09.